The Morgan fingerprint density at radius 3 is 1.22 bits per heavy atom. The quantitative estimate of drug-likeness (QED) is 0.0367. The fourth-order valence-electron chi connectivity index (χ4n) is 14.1. The Hall–Kier alpha value is -10.3. The highest BCUT2D eigenvalue weighted by atomic mass is 35.5. The molecule has 0 bridgehead atoms. The van der Waals surface area contributed by atoms with Crippen LogP contribution in [0.25, 0.3) is 55.6 Å². The first kappa shape index (κ1) is 95.4. The van der Waals surface area contributed by atoms with Gasteiger partial charge >= 0.3 is 0 Å². The molecular formula is C72H76Cl5F6N23O18S. The number of rotatable bonds is 10. The number of hydrogen-bond acceptors (Lipinski definition) is 33. The molecule has 24 N–H and O–H groups in total. The number of aromatic nitrogens is 18. The van der Waals surface area contributed by atoms with E-state index in [4.69, 9.17) is 123 Å². The average Bonchev–Trinajstić information content (AvgIpc) is 1.61. The van der Waals surface area contributed by atoms with Gasteiger partial charge in [0.25, 0.3) is 16.7 Å². The molecule has 0 saturated carbocycles. The summed E-state index contributed by atoms with van der Waals surface area (Å²) in [5, 5.41) is 101. The summed E-state index contributed by atoms with van der Waals surface area (Å²) in [6.07, 6.45) is -15.9. The molecule has 41 nitrogen and oxygen atoms in total. The number of ether oxygens (including phenoxy) is 5. The van der Waals surface area contributed by atoms with E-state index in [9.17, 15) is 91.8 Å². The van der Waals surface area contributed by atoms with Crippen LogP contribution in [-0.2, 0) is 23.7 Å². The zero-order chi connectivity index (χ0) is 91.8. The minimum absolute atomic E-state index is 0.0184. The van der Waals surface area contributed by atoms with Gasteiger partial charge in [-0.05, 0) is 40.7 Å². The lowest BCUT2D eigenvalue weighted by Crippen LogP contribution is -2.43. The highest BCUT2D eigenvalue weighted by Crippen LogP contribution is 2.51. The van der Waals surface area contributed by atoms with Crippen molar-refractivity contribution < 1.29 is 101 Å². The second kappa shape index (κ2) is 38.1. The number of hydrogen-bond donors (Lipinski definition) is 19. The molecule has 15 rings (SSSR count). The third-order valence-corrected chi connectivity index (χ3v) is 22.6. The van der Waals surface area contributed by atoms with Crippen molar-refractivity contribution in [3.05, 3.63) is 85.2 Å². The smallest absolute Gasteiger partial charge is 0.280 e. The molecule has 53 heteroatoms. The van der Waals surface area contributed by atoms with Gasteiger partial charge in [0.1, 0.15) is 116 Å². The summed E-state index contributed by atoms with van der Waals surface area (Å²) in [6.45, 7) is 2.19. The second-order valence-corrected chi connectivity index (χ2v) is 31.8. The van der Waals surface area contributed by atoms with E-state index in [2.05, 4.69) is 124 Å². The van der Waals surface area contributed by atoms with Crippen LogP contribution in [0.15, 0.2) is 58.0 Å². The summed E-state index contributed by atoms with van der Waals surface area (Å²) in [4.78, 5) is 72.6. The van der Waals surface area contributed by atoms with Crippen LogP contribution in [0.5, 0.6) is 0 Å². The maximum Gasteiger partial charge on any atom is 0.280 e. The third-order valence-electron chi connectivity index (χ3n) is 19.8. The number of nitrogens with one attached hydrogen (secondary N) is 4. The number of alkyl halides is 10. The van der Waals surface area contributed by atoms with E-state index in [1.54, 1.807) is 0 Å². The Labute approximate surface area is 728 Å². The molecule has 0 amide bonds. The molecule has 0 spiro atoms. The Morgan fingerprint density at radius 2 is 0.792 bits per heavy atom. The van der Waals surface area contributed by atoms with Crippen LogP contribution in [0.4, 0.5) is 56.1 Å². The van der Waals surface area contributed by atoms with Gasteiger partial charge in [-0.1, -0.05) is 129 Å². The standard InChI is InChI=1S/C15H15ClF2N4O4.C15H16ClFN4O4.C14H15ClFN5O4.C14H15ClFN5O3S.C14H15ClFN5O3/c1-6(23)9-10(24)15(16,3-2-4-17)13(26-9)22-5-7(18)8-11(22)20-14(19)21-12(8)25;1-7(22)9-10(23)15(16,4-2-5-17)13(25-9)21-6-3-8-11(21)19-14(18)20-12(8)24;1-6(22)8-9(23)14(15,3-2-4-16)12(25-8)21-5-18-7-10(21)19-13(17)20-11(7)24;1-6(22)8-9(23)14(15,3-2-4-16)12(24-8)21-5-18-7-10(21)19-13(17)20-11(7)25;1-7(22)9-10(23)14(15,3-2-4-16)12(24-9)21-6-19-8-5-18-13(17)20-11(8)21/h5-6,9-10,13,23-24H,4H2,1H3,(H3,19,20,21,25);3,6-7,9-10,13,22-23H,5H2,1H3,(H3,18,19,20,24);5-6,8-9,12,22-23H,4H2,1H3,(H3,17,19,20,24);5-6,8-9,12,22-23H,4H2,1H3,(H3,17,19,20,25);5-7,9-10,12,22-23H,4H2,1H3,(H2,17,18,20)/t6-,9-,10+,13-,15?;7-,9-,10+,13-,15?;2*6-,8-,9+,12-,14?;7-,9-,10+,12-,14?/m11111/s1. The molecule has 25 atom stereocenters. The molecule has 5 saturated heterocycles. The van der Waals surface area contributed by atoms with E-state index in [-0.39, 0.29) is 62.2 Å². The van der Waals surface area contributed by atoms with Gasteiger partial charge in [0.05, 0.1) is 61.1 Å². The SMILES string of the molecule is C[C@@H](O)[C@H]1O[C@@H](n2cc(F)c3c(=O)[nH]c(N)nc32)C(Cl)(C#CCF)[C@H]1O.C[C@@H](O)[C@H]1O[C@@H](n2ccc3c(=O)[nH]c(N)nc32)C(Cl)(C#CCF)[C@H]1O.C[C@@H](O)[C@H]1O[C@@H](n2cnc3c(=O)[nH]c(N)nc32)C(Cl)(C#CCF)[C@H]1O.C[C@@H](O)[C@H]1O[C@@H](n2cnc3c(=S)nc(N)[nH]c32)C(Cl)(C#CCF)[C@H]1O.C[C@@H](O)[C@H]1O[C@@H](n2cnc3cnc(N)nc32)C(Cl)(C#CCF)[C@H]1O. The van der Waals surface area contributed by atoms with Crippen LogP contribution in [0.1, 0.15) is 65.8 Å². The topological polar surface area (TPSA) is 634 Å². The zero-order valence-corrected chi connectivity index (χ0v) is 69.7. The van der Waals surface area contributed by atoms with E-state index in [1.807, 2.05) is 0 Å². The number of halogens is 11. The van der Waals surface area contributed by atoms with Gasteiger partial charge in [0.2, 0.25) is 23.8 Å². The molecule has 0 radical (unpaired) electrons. The summed E-state index contributed by atoms with van der Waals surface area (Å²) >= 11 is 37.5. The molecule has 5 aliphatic heterocycles. The van der Waals surface area contributed by atoms with Crippen LogP contribution >= 0.6 is 70.2 Å². The van der Waals surface area contributed by atoms with Gasteiger partial charge in [0, 0.05) is 12.4 Å². The van der Waals surface area contributed by atoms with Crippen molar-refractivity contribution in [2.45, 2.75) is 182 Å². The molecule has 10 aromatic rings. The lowest BCUT2D eigenvalue weighted by atomic mass is 9.96. The Morgan fingerprint density at radius 1 is 0.448 bits per heavy atom. The summed E-state index contributed by atoms with van der Waals surface area (Å²) in [5.74, 6) is 21.7. The average molecular weight is 1870 g/mol. The molecule has 0 aliphatic carbocycles. The fraction of sp³-hybridized carbons (Fsp3) is 0.486. The monoisotopic (exact) mass is 1870 g/mol. The maximum atomic E-state index is 14.3. The molecule has 5 aliphatic rings. The number of nitrogens with two attached hydrogens (primary N) is 5. The molecule has 125 heavy (non-hydrogen) atoms. The van der Waals surface area contributed by atoms with Crippen molar-refractivity contribution in [2.24, 2.45) is 0 Å². The summed E-state index contributed by atoms with van der Waals surface area (Å²) < 4.78 is 112. The number of nitrogens with zero attached hydrogens (tertiary/aromatic N) is 14. The van der Waals surface area contributed by atoms with Gasteiger partial charge in [-0.2, -0.15) is 19.9 Å². The largest absolute Gasteiger partial charge is 0.391 e. The highest BCUT2D eigenvalue weighted by Gasteiger charge is 2.62. The number of nitrogen functional groups attached to an aromatic ring is 5. The molecule has 5 unspecified atom stereocenters. The van der Waals surface area contributed by atoms with Crippen molar-refractivity contribution in [3.8, 4) is 59.2 Å². The third kappa shape index (κ3) is 18.1. The van der Waals surface area contributed by atoms with Crippen LogP contribution in [0.3, 0.4) is 0 Å². The normalized spacial score (nSPS) is 30.2. The fourth-order valence-corrected chi connectivity index (χ4v) is 16.1. The minimum Gasteiger partial charge on any atom is -0.391 e. The van der Waals surface area contributed by atoms with Crippen molar-refractivity contribution >= 4 is 156 Å². The van der Waals surface area contributed by atoms with Gasteiger partial charge in [-0.25, -0.2) is 51.3 Å². The second-order valence-electron chi connectivity index (χ2n) is 28.3. The molecule has 10 aromatic heterocycles. The number of aliphatic hydroxyl groups excluding tert-OH is 10. The van der Waals surface area contributed by atoms with Crippen LogP contribution in [-0.4, -0.2) is 288 Å². The number of aromatic amines is 4. The van der Waals surface area contributed by atoms with E-state index in [0.717, 1.165) is 10.8 Å². The number of aliphatic hydroxyl groups is 10. The van der Waals surface area contributed by atoms with E-state index < -0.39 is 208 Å². The minimum atomic E-state index is -1.93. The van der Waals surface area contributed by atoms with Gasteiger partial charge in [-0.3, -0.25) is 47.6 Å². The van der Waals surface area contributed by atoms with Gasteiger partial charge in [-0.15, -0.1) is 0 Å². The van der Waals surface area contributed by atoms with Crippen LogP contribution in [0, 0.1) is 69.7 Å². The summed E-state index contributed by atoms with van der Waals surface area (Å²) in [5.41, 5.74) is 27.5. The number of H-pyrrole nitrogens is 4. The molecular weight excluding hydrogens is 1800 g/mol. The Bertz CT molecular complexity index is 5910. The van der Waals surface area contributed by atoms with Gasteiger partial charge in [0.15, 0.2) is 100 Å². The number of fused-ring (bicyclic) bond motifs is 5. The lowest BCUT2D eigenvalue weighted by Gasteiger charge is -2.26. The lowest BCUT2D eigenvalue weighted by molar-refractivity contribution is -0.0752. The summed E-state index contributed by atoms with van der Waals surface area (Å²) in [7, 11) is 0. The van der Waals surface area contributed by atoms with Crippen LogP contribution in [0.2, 0.25) is 0 Å². The van der Waals surface area contributed by atoms with Crippen molar-refractivity contribution in [3.63, 3.8) is 0 Å². The van der Waals surface area contributed by atoms with E-state index in [0.29, 0.717) is 22.3 Å². The van der Waals surface area contributed by atoms with Crippen molar-refractivity contribution in [2.75, 3.05) is 62.0 Å². The molecule has 15 heterocycles. The van der Waals surface area contributed by atoms with Gasteiger partial charge < -0.3 is 113 Å². The van der Waals surface area contributed by atoms with E-state index >= 15 is 0 Å². The highest BCUT2D eigenvalue weighted by molar-refractivity contribution is 7.71. The van der Waals surface area contributed by atoms with E-state index in [1.165, 1.54) is 90.3 Å². The zero-order valence-electron chi connectivity index (χ0n) is 65.1. The van der Waals surface area contributed by atoms with Crippen LogP contribution < -0.4 is 45.3 Å². The predicted molar refractivity (Wildman–Crippen MR) is 439 cm³/mol. The Balaban J connectivity index is 0.000000152. The molecule has 5 fully saturated rings. The predicted octanol–water partition coefficient (Wildman–Crippen LogP) is -0.118. The van der Waals surface area contributed by atoms with Crippen molar-refractivity contribution in [1.29, 1.82) is 0 Å². The Kier molecular flexibility index (Phi) is 29.1. The van der Waals surface area contributed by atoms with Crippen molar-refractivity contribution in [1.82, 2.24) is 87.6 Å². The molecule has 670 valence electrons. The maximum absolute atomic E-state index is 14.3. The summed E-state index contributed by atoms with van der Waals surface area (Å²) in [6, 6.07) is 1.48. The molecule has 0 aromatic carbocycles. The number of anilines is 5. The first-order valence-electron chi connectivity index (χ1n) is 36.6. The first-order chi connectivity index (χ1) is 59.0. The number of imidazole rings is 3. The first-order valence-corrected chi connectivity index (χ1v) is 38.9.